The van der Waals surface area contributed by atoms with Crippen molar-refractivity contribution in [3.8, 4) is 5.88 Å². The molecule has 0 saturated carbocycles. The molecular weight excluding hydrogens is 570 g/mol. The third-order valence-corrected chi connectivity index (χ3v) is 9.39. The van der Waals surface area contributed by atoms with Gasteiger partial charge in [-0.2, -0.15) is 0 Å². The molecule has 2 aliphatic heterocycles. The molecule has 4 heterocycles. The molecule has 2 fully saturated rings. The van der Waals surface area contributed by atoms with Crippen LogP contribution in [0.3, 0.4) is 0 Å². The van der Waals surface area contributed by atoms with Gasteiger partial charge in [-0.15, -0.1) is 0 Å². The number of sulfone groups is 1. The van der Waals surface area contributed by atoms with Crippen molar-refractivity contribution < 1.29 is 32.3 Å². The number of aromatic nitrogens is 2. The number of methoxy groups -OCH3 is 1. The van der Waals surface area contributed by atoms with Gasteiger partial charge in [-0.3, -0.25) is 10.1 Å². The molecule has 0 spiro atoms. The number of nitrogens with one attached hydrogen (secondary N) is 2. The maximum Gasteiger partial charge on any atom is 0.280 e. The number of hydrogen-bond donors (Lipinski definition) is 2. The molecular formula is C27H33N5O7S2. The highest BCUT2D eigenvalue weighted by Crippen LogP contribution is 2.27. The van der Waals surface area contributed by atoms with Gasteiger partial charge in [0.05, 0.1) is 23.9 Å². The quantitative estimate of drug-likeness (QED) is 0.170. The van der Waals surface area contributed by atoms with Gasteiger partial charge in [0, 0.05) is 37.8 Å². The van der Waals surface area contributed by atoms with E-state index in [9.17, 15) is 13.2 Å². The molecule has 2 N–H and O–H groups in total. The van der Waals surface area contributed by atoms with E-state index in [1.54, 1.807) is 24.3 Å². The number of ether oxygens (including phenoxy) is 3. The van der Waals surface area contributed by atoms with Crippen molar-refractivity contribution >= 4 is 48.3 Å². The van der Waals surface area contributed by atoms with Gasteiger partial charge in [-0.05, 0) is 44.0 Å². The lowest BCUT2D eigenvalue weighted by molar-refractivity contribution is -0.110. The van der Waals surface area contributed by atoms with Gasteiger partial charge < -0.3 is 24.4 Å². The third-order valence-electron chi connectivity index (χ3n) is 6.69. The van der Waals surface area contributed by atoms with Crippen molar-refractivity contribution in [2.45, 2.75) is 42.7 Å². The van der Waals surface area contributed by atoms with Crippen LogP contribution in [0.1, 0.15) is 31.2 Å². The Morgan fingerprint density at radius 1 is 1.20 bits per heavy atom. The molecule has 2 aliphatic rings. The van der Waals surface area contributed by atoms with Crippen LogP contribution < -0.4 is 15.4 Å². The van der Waals surface area contributed by atoms with E-state index in [1.807, 2.05) is 0 Å². The molecule has 1 aromatic carbocycles. The number of anilines is 1. The molecule has 0 aliphatic carbocycles. The smallest absolute Gasteiger partial charge is 0.280 e. The number of carbonyl (C=O) groups is 1. The van der Waals surface area contributed by atoms with E-state index in [2.05, 4.69) is 25.8 Å². The van der Waals surface area contributed by atoms with Crippen LogP contribution in [0, 0.1) is 0 Å². The van der Waals surface area contributed by atoms with Gasteiger partial charge in [-0.25, -0.2) is 18.4 Å². The summed E-state index contributed by atoms with van der Waals surface area (Å²) in [5.74, 6) is -0.0932. The van der Waals surface area contributed by atoms with Crippen LogP contribution in [0.4, 0.5) is 5.13 Å². The minimum atomic E-state index is -3.49. The van der Waals surface area contributed by atoms with Crippen molar-refractivity contribution in [1.82, 2.24) is 15.3 Å². The summed E-state index contributed by atoms with van der Waals surface area (Å²) < 4.78 is 41.4. The largest absolute Gasteiger partial charge is 0.476 e. The average Bonchev–Trinajstić information content (AvgIpc) is 3.75. The molecule has 14 heteroatoms. The van der Waals surface area contributed by atoms with Gasteiger partial charge in [0.2, 0.25) is 5.88 Å². The molecule has 220 valence electrons. The fourth-order valence-electron chi connectivity index (χ4n) is 4.46. The normalized spacial score (nSPS) is 19.5. The Balaban J connectivity index is 1.31. The summed E-state index contributed by atoms with van der Waals surface area (Å²) in [6.07, 6.45) is 2.98. The summed E-state index contributed by atoms with van der Waals surface area (Å²) in [4.78, 5) is 28.8. The second kappa shape index (κ2) is 13.7. The molecule has 0 radical (unpaired) electrons. The fraction of sp³-hybridized carbons (Fsp3) is 0.481. The molecule has 5 rings (SSSR count). The molecule has 41 heavy (non-hydrogen) atoms. The first kappa shape index (κ1) is 29.3. The third kappa shape index (κ3) is 7.77. The second-order valence-corrected chi connectivity index (χ2v) is 12.9. The van der Waals surface area contributed by atoms with E-state index < -0.39 is 15.7 Å². The number of hydrogen-bond acceptors (Lipinski definition) is 12. The number of nitrogens with zero attached hydrogens (tertiary/aromatic N) is 3. The predicted molar refractivity (Wildman–Crippen MR) is 154 cm³/mol. The Kier molecular flexibility index (Phi) is 9.77. The van der Waals surface area contributed by atoms with Gasteiger partial charge in [-0.1, -0.05) is 28.6 Å². The lowest BCUT2D eigenvalue weighted by atomic mass is 10.1. The van der Waals surface area contributed by atoms with Crippen molar-refractivity contribution in [3.05, 3.63) is 42.0 Å². The number of carbonyl (C=O) groups excluding carboxylic acids is 1. The summed E-state index contributed by atoms with van der Waals surface area (Å²) in [7, 11) is -1.97. The van der Waals surface area contributed by atoms with E-state index in [0.29, 0.717) is 72.2 Å². The van der Waals surface area contributed by atoms with Crippen LogP contribution in [0.2, 0.25) is 0 Å². The Labute approximate surface area is 242 Å². The SMILES string of the molecule is COCCCS(=O)(=O)c1ccc(C(=NO[C@@H]2CCOC2)C(=O)Nc2nc3ccc(OC[C@H]4CCCN4)nc3s2)cc1. The number of fused-ring (bicyclic) bond motifs is 1. The molecule has 1 amide bonds. The first-order valence-electron chi connectivity index (χ1n) is 13.5. The van der Waals surface area contributed by atoms with Crippen LogP contribution in [0.15, 0.2) is 46.4 Å². The van der Waals surface area contributed by atoms with Crippen molar-refractivity contribution in [2.75, 3.05) is 51.2 Å². The van der Waals surface area contributed by atoms with Crippen LogP contribution in [-0.4, -0.2) is 88.0 Å². The maximum absolute atomic E-state index is 13.4. The van der Waals surface area contributed by atoms with Crippen LogP contribution in [0.5, 0.6) is 5.88 Å². The van der Waals surface area contributed by atoms with Gasteiger partial charge in [0.15, 0.2) is 26.8 Å². The topological polar surface area (TPSA) is 150 Å². The summed E-state index contributed by atoms with van der Waals surface area (Å²) in [6.45, 7) is 2.83. The molecule has 0 unspecified atom stereocenters. The first-order chi connectivity index (χ1) is 19.9. The summed E-state index contributed by atoms with van der Waals surface area (Å²) in [6, 6.07) is 9.89. The van der Waals surface area contributed by atoms with Gasteiger partial charge in [0.1, 0.15) is 17.0 Å². The lowest BCUT2D eigenvalue weighted by Crippen LogP contribution is -2.28. The molecule has 0 bridgehead atoms. The Morgan fingerprint density at radius 2 is 2.05 bits per heavy atom. The minimum Gasteiger partial charge on any atom is -0.476 e. The number of rotatable bonds is 13. The van der Waals surface area contributed by atoms with Gasteiger partial charge >= 0.3 is 0 Å². The number of oxime groups is 1. The van der Waals surface area contributed by atoms with Crippen molar-refractivity contribution in [2.24, 2.45) is 5.16 Å². The number of amides is 1. The molecule has 3 aromatic rings. The predicted octanol–water partition coefficient (Wildman–Crippen LogP) is 2.78. The zero-order valence-corrected chi connectivity index (χ0v) is 24.3. The Morgan fingerprint density at radius 3 is 2.78 bits per heavy atom. The van der Waals surface area contributed by atoms with Gasteiger partial charge in [0.25, 0.3) is 5.91 Å². The summed E-state index contributed by atoms with van der Waals surface area (Å²) >= 11 is 1.21. The zero-order chi connectivity index (χ0) is 28.7. The highest BCUT2D eigenvalue weighted by molar-refractivity contribution is 7.91. The van der Waals surface area contributed by atoms with Crippen molar-refractivity contribution in [1.29, 1.82) is 0 Å². The van der Waals surface area contributed by atoms with Crippen LogP contribution in [-0.2, 0) is 28.9 Å². The highest BCUT2D eigenvalue weighted by Gasteiger charge is 2.23. The van der Waals surface area contributed by atoms with E-state index in [1.165, 1.54) is 30.6 Å². The lowest BCUT2D eigenvalue weighted by Gasteiger charge is -2.10. The van der Waals surface area contributed by atoms with E-state index in [4.69, 9.17) is 19.0 Å². The van der Waals surface area contributed by atoms with E-state index in [-0.39, 0.29) is 22.5 Å². The summed E-state index contributed by atoms with van der Waals surface area (Å²) in [5, 5.41) is 10.7. The van der Waals surface area contributed by atoms with Crippen molar-refractivity contribution in [3.63, 3.8) is 0 Å². The Bertz CT molecular complexity index is 1460. The molecule has 2 saturated heterocycles. The summed E-state index contributed by atoms with van der Waals surface area (Å²) in [5.41, 5.74) is 1.01. The fourth-order valence-corrected chi connectivity index (χ4v) is 6.56. The monoisotopic (exact) mass is 603 g/mol. The number of benzene rings is 1. The van der Waals surface area contributed by atoms with E-state index >= 15 is 0 Å². The molecule has 12 nitrogen and oxygen atoms in total. The average molecular weight is 604 g/mol. The number of thiazole rings is 1. The molecule has 2 atom stereocenters. The minimum absolute atomic E-state index is 0.0134. The molecule has 2 aromatic heterocycles. The first-order valence-corrected chi connectivity index (χ1v) is 16.0. The van der Waals surface area contributed by atoms with Crippen LogP contribution in [0.25, 0.3) is 10.3 Å². The Hall–Kier alpha value is -3.17. The van der Waals surface area contributed by atoms with E-state index in [0.717, 1.165) is 19.4 Å². The maximum atomic E-state index is 13.4. The standard InChI is InChI=1S/C27H33N5O7S2/c1-36-13-3-15-41(34,35)21-7-5-18(6-8-21)24(32-39-20-11-14-37-17-20)25(33)31-27-29-22-9-10-23(30-26(22)40-27)38-16-19-4-2-12-28-19/h5-10,19-20,28H,2-4,11-17H2,1H3,(H,29,31,33)/t19-,20-/m1/s1. The van der Waals surface area contributed by atoms with Crippen LogP contribution >= 0.6 is 11.3 Å². The highest BCUT2D eigenvalue weighted by atomic mass is 32.2. The zero-order valence-electron chi connectivity index (χ0n) is 22.7. The number of pyridine rings is 1. The second-order valence-electron chi connectivity index (χ2n) is 9.77.